The third-order valence-electron chi connectivity index (χ3n) is 2.41. The van der Waals surface area contributed by atoms with Crippen molar-refractivity contribution in [2.75, 3.05) is 38.8 Å². The Balaban J connectivity index is 2.10. The van der Waals surface area contributed by atoms with Crippen LogP contribution in [0.25, 0.3) is 0 Å². The summed E-state index contributed by atoms with van der Waals surface area (Å²) in [6, 6.07) is 0. The Kier molecular flexibility index (Phi) is 6.60. The fraction of sp³-hybridized carbons (Fsp3) is 1.00. The van der Waals surface area contributed by atoms with Crippen LogP contribution in [0.3, 0.4) is 0 Å². The van der Waals surface area contributed by atoms with Crippen LogP contribution >= 0.6 is 12.6 Å². The van der Waals surface area contributed by atoms with Crippen LogP contribution in [0.2, 0.25) is 0 Å². The second-order valence-corrected chi connectivity index (χ2v) is 3.98. The molecule has 1 rings (SSSR count). The van der Waals surface area contributed by atoms with Gasteiger partial charge in [0.15, 0.2) is 0 Å². The molecule has 14 heavy (non-hydrogen) atoms. The Morgan fingerprint density at radius 3 is 2.71 bits per heavy atom. The smallest absolute Gasteiger partial charge is 0.0995 e. The van der Waals surface area contributed by atoms with Crippen LogP contribution in [0.4, 0.5) is 0 Å². The quantitative estimate of drug-likeness (QED) is 0.682. The lowest BCUT2D eigenvalue weighted by molar-refractivity contribution is -0.0562. The molecule has 0 radical (unpaired) electrons. The molecule has 0 saturated carbocycles. The number of nitrogens with zero attached hydrogens (tertiary/aromatic N) is 1. The number of hydrogen-bond acceptors (Lipinski definition) is 4. The molecule has 0 bridgehead atoms. The van der Waals surface area contributed by atoms with Gasteiger partial charge in [0.2, 0.25) is 0 Å². The zero-order valence-corrected chi connectivity index (χ0v) is 9.84. The largest absolute Gasteiger partial charge is 0.379 e. The lowest BCUT2D eigenvalue weighted by Gasteiger charge is -2.28. The van der Waals surface area contributed by atoms with Gasteiger partial charge in [0.25, 0.3) is 0 Å². The van der Waals surface area contributed by atoms with E-state index in [0.717, 1.165) is 51.6 Å². The normalized spacial score (nSPS) is 21.0. The van der Waals surface area contributed by atoms with Gasteiger partial charge in [-0.3, -0.25) is 4.90 Å². The van der Waals surface area contributed by atoms with Gasteiger partial charge in [-0.1, -0.05) is 13.3 Å². The Labute approximate surface area is 92.2 Å². The maximum Gasteiger partial charge on any atom is 0.0995 e. The van der Waals surface area contributed by atoms with E-state index in [1.165, 1.54) is 0 Å². The fourth-order valence-corrected chi connectivity index (χ4v) is 1.78. The lowest BCUT2D eigenvalue weighted by atomic mass is 10.2. The second kappa shape index (κ2) is 7.51. The Morgan fingerprint density at radius 2 is 2.14 bits per heavy atom. The van der Waals surface area contributed by atoms with Gasteiger partial charge in [0.05, 0.1) is 26.0 Å². The van der Waals surface area contributed by atoms with Crippen molar-refractivity contribution in [3.8, 4) is 0 Å². The predicted molar refractivity (Wildman–Crippen MR) is 60.9 cm³/mol. The van der Waals surface area contributed by atoms with Crippen LogP contribution in [0.5, 0.6) is 0 Å². The van der Waals surface area contributed by atoms with Crippen LogP contribution in [0.1, 0.15) is 19.8 Å². The van der Waals surface area contributed by atoms with Crippen molar-refractivity contribution in [1.82, 2.24) is 4.90 Å². The molecule has 1 atom stereocenters. The molecule has 1 saturated heterocycles. The van der Waals surface area contributed by atoms with Crippen molar-refractivity contribution < 1.29 is 9.47 Å². The molecule has 0 N–H and O–H groups in total. The Morgan fingerprint density at radius 1 is 1.43 bits per heavy atom. The second-order valence-electron chi connectivity index (χ2n) is 3.62. The number of thiol groups is 1. The van der Waals surface area contributed by atoms with E-state index < -0.39 is 0 Å². The highest BCUT2D eigenvalue weighted by molar-refractivity contribution is 7.80. The van der Waals surface area contributed by atoms with Crippen molar-refractivity contribution in [3.63, 3.8) is 0 Å². The van der Waals surface area contributed by atoms with Gasteiger partial charge in [-0.05, 0) is 6.42 Å². The van der Waals surface area contributed by atoms with Crippen LogP contribution in [0.15, 0.2) is 0 Å². The molecule has 4 heteroatoms. The molecule has 1 aliphatic heterocycles. The Bertz CT molecular complexity index is 135. The molecule has 0 aromatic carbocycles. The van der Waals surface area contributed by atoms with Gasteiger partial charge >= 0.3 is 0 Å². The van der Waals surface area contributed by atoms with E-state index in [2.05, 4.69) is 24.5 Å². The summed E-state index contributed by atoms with van der Waals surface area (Å²) in [5.41, 5.74) is 0. The Hall–Kier alpha value is 0.230. The molecule has 1 unspecified atom stereocenters. The molecule has 0 amide bonds. The third kappa shape index (κ3) is 4.64. The van der Waals surface area contributed by atoms with E-state index in [-0.39, 0.29) is 0 Å². The van der Waals surface area contributed by atoms with Crippen molar-refractivity contribution in [3.05, 3.63) is 0 Å². The summed E-state index contributed by atoms with van der Waals surface area (Å²) in [5, 5.41) is 0. The first-order valence-corrected chi connectivity index (χ1v) is 6.02. The number of ether oxygens (including phenoxy) is 2. The summed E-state index contributed by atoms with van der Waals surface area (Å²) < 4.78 is 11.0. The molecule has 1 aliphatic rings. The topological polar surface area (TPSA) is 21.7 Å². The first-order chi connectivity index (χ1) is 6.86. The van der Waals surface area contributed by atoms with Crippen LogP contribution in [-0.4, -0.2) is 49.8 Å². The zero-order chi connectivity index (χ0) is 10.2. The summed E-state index contributed by atoms with van der Waals surface area (Å²) in [5.74, 6) is 0.818. The van der Waals surface area contributed by atoms with Gasteiger partial charge in [0, 0.05) is 18.8 Å². The maximum absolute atomic E-state index is 5.77. The summed E-state index contributed by atoms with van der Waals surface area (Å²) in [4.78, 5) is 2.29. The summed E-state index contributed by atoms with van der Waals surface area (Å²) >= 11 is 4.28. The molecule has 3 nitrogen and oxygen atoms in total. The van der Waals surface area contributed by atoms with Gasteiger partial charge in [0.1, 0.15) is 0 Å². The number of rotatable bonds is 6. The highest BCUT2D eigenvalue weighted by Crippen LogP contribution is 2.06. The van der Waals surface area contributed by atoms with E-state index in [1.807, 2.05) is 0 Å². The van der Waals surface area contributed by atoms with Crippen molar-refractivity contribution in [2.24, 2.45) is 0 Å². The molecule has 0 aliphatic carbocycles. The van der Waals surface area contributed by atoms with Crippen molar-refractivity contribution >= 4 is 12.6 Å². The summed E-state index contributed by atoms with van der Waals surface area (Å²) in [7, 11) is 0. The molecule has 0 spiro atoms. The van der Waals surface area contributed by atoms with Gasteiger partial charge < -0.3 is 9.47 Å². The SMILES string of the molecule is CCCC(CS)OCN1CCOCC1. The van der Waals surface area contributed by atoms with E-state index in [4.69, 9.17) is 9.47 Å². The standard InChI is InChI=1S/C10H21NO2S/c1-2-3-10(8-14)13-9-11-4-6-12-7-5-11/h10,14H,2-9H2,1H3. The van der Waals surface area contributed by atoms with Gasteiger partial charge in [-0.25, -0.2) is 0 Å². The van der Waals surface area contributed by atoms with Gasteiger partial charge in [-0.2, -0.15) is 12.6 Å². The molecule has 84 valence electrons. The van der Waals surface area contributed by atoms with Crippen molar-refractivity contribution in [2.45, 2.75) is 25.9 Å². The molecular weight excluding hydrogens is 198 g/mol. The first kappa shape index (κ1) is 12.3. The van der Waals surface area contributed by atoms with E-state index >= 15 is 0 Å². The maximum atomic E-state index is 5.77. The van der Waals surface area contributed by atoms with E-state index in [0.29, 0.717) is 6.10 Å². The van der Waals surface area contributed by atoms with Crippen LogP contribution < -0.4 is 0 Å². The van der Waals surface area contributed by atoms with E-state index in [9.17, 15) is 0 Å². The first-order valence-electron chi connectivity index (χ1n) is 5.39. The molecule has 1 fully saturated rings. The number of hydrogen-bond donors (Lipinski definition) is 1. The lowest BCUT2D eigenvalue weighted by Crippen LogP contribution is -2.39. The highest BCUT2D eigenvalue weighted by Gasteiger charge is 2.12. The van der Waals surface area contributed by atoms with Crippen LogP contribution in [0, 0.1) is 0 Å². The minimum absolute atomic E-state index is 0.311. The minimum Gasteiger partial charge on any atom is -0.379 e. The number of morpholine rings is 1. The predicted octanol–water partition coefficient (Wildman–Crippen LogP) is 1.39. The third-order valence-corrected chi connectivity index (χ3v) is 2.82. The average Bonchev–Trinajstić information content (AvgIpc) is 2.25. The molecule has 0 aromatic heterocycles. The summed E-state index contributed by atoms with van der Waals surface area (Å²) in [6.45, 7) is 6.56. The average molecular weight is 219 g/mol. The summed E-state index contributed by atoms with van der Waals surface area (Å²) in [6.07, 6.45) is 2.58. The van der Waals surface area contributed by atoms with Crippen LogP contribution in [-0.2, 0) is 9.47 Å². The zero-order valence-electron chi connectivity index (χ0n) is 8.95. The van der Waals surface area contributed by atoms with E-state index in [1.54, 1.807) is 0 Å². The monoisotopic (exact) mass is 219 g/mol. The fourth-order valence-electron chi connectivity index (χ4n) is 1.49. The molecule has 1 heterocycles. The molecule has 0 aromatic rings. The highest BCUT2D eigenvalue weighted by atomic mass is 32.1. The molecular formula is C10H21NO2S. The van der Waals surface area contributed by atoms with Gasteiger partial charge in [-0.15, -0.1) is 0 Å². The van der Waals surface area contributed by atoms with Crippen molar-refractivity contribution in [1.29, 1.82) is 0 Å². The minimum atomic E-state index is 0.311.